The lowest BCUT2D eigenvalue weighted by molar-refractivity contribution is -0.274. The Labute approximate surface area is 624 Å². The maximum atomic E-state index is 13.8. The average molecular weight is 1520 g/mol. The molecule has 570 valence electrons. The van der Waals surface area contributed by atoms with Crippen LogP contribution in [-0.2, 0) is 24.7 Å². The summed E-state index contributed by atoms with van der Waals surface area (Å²) < 4.78 is 102. The lowest BCUT2D eigenvalue weighted by Gasteiger charge is -2.27. The van der Waals surface area contributed by atoms with E-state index in [0.29, 0.717) is 68.4 Å². The van der Waals surface area contributed by atoms with Crippen molar-refractivity contribution in [3.05, 3.63) is 153 Å². The van der Waals surface area contributed by atoms with Crippen LogP contribution in [0.1, 0.15) is 158 Å². The van der Waals surface area contributed by atoms with Crippen molar-refractivity contribution >= 4 is 115 Å². The summed E-state index contributed by atoms with van der Waals surface area (Å²) in [7, 11) is 0. The number of hydrogen-bond acceptors (Lipinski definition) is 14. The number of hydrogen-bond donors (Lipinski definition) is 5. The van der Waals surface area contributed by atoms with E-state index in [2.05, 4.69) is 107 Å². The number of carbonyl (C=O) groups is 4. The second kappa shape index (κ2) is 32.5. The molecule has 0 aliphatic rings. The molecule has 0 saturated heterocycles. The van der Waals surface area contributed by atoms with E-state index in [1.54, 1.807) is 45.0 Å². The van der Waals surface area contributed by atoms with E-state index in [-0.39, 0.29) is 104 Å². The van der Waals surface area contributed by atoms with Gasteiger partial charge in [0.25, 0.3) is 0 Å². The van der Waals surface area contributed by atoms with Crippen molar-refractivity contribution in [2.75, 3.05) is 21.3 Å². The normalized spacial score (nSPS) is 12.1. The van der Waals surface area contributed by atoms with Crippen molar-refractivity contribution in [1.82, 2.24) is 58.1 Å². The molecule has 0 spiro atoms. The largest absolute Gasteiger partial charge is 0.573 e. The predicted octanol–water partition coefficient (Wildman–Crippen LogP) is 18.4. The topological polar surface area (TPSA) is 269 Å². The zero-order valence-corrected chi connectivity index (χ0v) is 64.2. The van der Waals surface area contributed by atoms with Crippen LogP contribution >= 0.6 is 23.2 Å². The van der Waals surface area contributed by atoms with E-state index in [0.717, 1.165) is 72.2 Å². The highest BCUT2D eigenvalue weighted by molar-refractivity contribution is 6.31. The lowest BCUT2D eigenvalue weighted by atomic mass is 9.81. The number of benzene rings is 3. The second-order valence-corrected chi connectivity index (χ2v) is 31.1. The first-order chi connectivity index (χ1) is 49.6. The van der Waals surface area contributed by atoms with E-state index in [1.807, 2.05) is 65.2 Å². The van der Waals surface area contributed by atoms with Gasteiger partial charge in [-0.2, -0.15) is 0 Å². The molecule has 0 bridgehead atoms. The number of carbonyl (C=O) groups excluding carboxylic acids is 4. The summed E-state index contributed by atoms with van der Waals surface area (Å²) in [6.07, 6.45) is -1.98. The van der Waals surface area contributed by atoms with Gasteiger partial charge < -0.3 is 9.84 Å². The summed E-state index contributed by atoms with van der Waals surface area (Å²) >= 11 is 12.3. The predicted molar refractivity (Wildman–Crippen MR) is 401 cm³/mol. The highest BCUT2D eigenvalue weighted by Crippen LogP contribution is 2.35. The van der Waals surface area contributed by atoms with Gasteiger partial charge in [-0.25, -0.2) is 57.4 Å². The van der Waals surface area contributed by atoms with Crippen LogP contribution in [-0.4, -0.2) is 98.8 Å². The Balaban J connectivity index is 0.000000180. The molecule has 0 radical (unpaired) electrons. The summed E-state index contributed by atoms with van der Waals surface area (Å²) in [6.45, 7) is 34.6. The van der Waals surface area contributed by atoms with Crippen molar-refractivity contribution in [3.63, 3.8) is 0 Å². The number of nitrogens with zero attached hydrogens (tertiary/aromatic N) is 12. The minimum Gasteiger partial charge on any atom is -0.406 e. The number of aromatic nitrogens is 12. The molecule has 31 heteroatoms. The van der Waals surface area contributed by atoms with Crippen molar-refractivity contribution in [1.29, 1.82) is 0 Å². The van der Waals surface area contributed by atoms with Crippen molar-refractivity contribution < 1.29 is 59.8 Å². The van der Waals surface area contributed by atoms with Gasteiger partial charge in [0.15, 0.2) is 34.2 Å². The van der Waals surface area contributed by atoms with Crippen LogP contribution in [0.4, 0.5) is 54.5 Å². The third-order valence-corrected chi connectivity index (χ3v) is 17.1. The zero-order valence-electron chi connectivity index (χ0n) is 62.7. The van der Waals surface area contributed by atoms with Crippen LogP contribution < -0.4 is 26.0 Å². The van der Waals surface area contributed by atoms with E-state index >= 15 is 0 Å². The highest BCUT2D eigenvalue weighted by atomic mass is 35.5. The molecule has 0 saturated carbocycles. The number of amides is 4. The Morgan fingerprint density at radius 1 is 0.439 bits per heavy atom. The second-order valence-electron chi connectivity index (χ2n) is 30.3. The van der Waals surface area contributed by atoms with Crippen LogP contribution in [0.2, 0.25) is 10.3 Å². The first-order valence-corrected chi connectivity index (χ1v) is 34.9. The Hall–Kier alpha value is -10.1. The van der Waals surface area contributed by atoms with Crippen LogP contribution in [0, 0.1) is 67.2 Å². The van der Waals surface area contributed by atoms with Gasteiger partial charge >= 0.3 is 6.36 Å². The van der Waals surface area contributed by atoms with Crippen molar-refractivity contribution in [2.24, 2.45) is 16.2 Å². The van der Waals surface area contributed by atoms with Crippen LogP contribution in [0.15, 0.2) is 97.1 Å². The van der Waals surface area contributed by atoms with E-state index in [9.17, 15) is 55.0 Å². The number of rotatable bonds is 16. The lowest BCUT2D eigenvalue weighted by Crippen LogP contribution is -2.28. The first kappa shape index (κ1) is 82.5. The minimum atomic E-state index is -4.79. The molecule has 4 amide bonds. The number of ether oxygens (including phenoxy) is 1. The molecular formula is C76H87Cl2F7N16O6. The number of fused-ring (bicyclic) bond motifs is 4. The quantitative estimate of drug-likeness (QED) is 0.0445. The molecule has 0 unspecified atom stereocenters. The molecule has 107 heavy (non-hydrogen) atoms. The fourth-order valence-corrected chi connectivity index (χ4v) is 11.2. The number of aliphatic hydroxyl groups is 1. The van der Waals surface area contributed by atoms with Gasteiger partial charge in [-0.05, 0) is 175 Å². The van der Waals surface area contributed by atoms with Crippen LogP contribution in [0.5, 0.6) is 5.75 Å². The number of alkyl halides is 3. The maximum Gasteiger partial charge on any atom is 0.573 e. The number of imidazole rings is 4. The number of aryl methyl sites for hydroxylation is 4. The van der Waals surface area contributed by atoms with E-state index in [4.69, 9.17) is 23.2 Å². The number of nitrogens with one attached hydrogen (secondary N) is 4. The summed E-state index contributed by atoms with van der Waals surface area (Å²) in [5.74, 6) is -3.83. The minimum absolute atomic E-state index is 0.0127. The van der Waals surface area contributed by atoms with E-state index < -0.39 is 41.1 Å². The third-order valence-electron chi connectivity index (χ3n) is 16.4. The van der Waals surface area contributed by atoms with Crippen molar-refractivity contribution in [2.45, 2.75) is 181 Å². The molecule has 11 aromatic rings. The zero-order chi connectivity index (χ0) is 79.4. The fraction of sp³-hybridized carbons (Fsp3) is 0.395. The molecule has 5 N–H and O–H groups in total. The average Bonchev–Trinajstić information content (AvgIpc) is 1.62. The third kappa shape index (κ3) is 22.0. The SMILES string of the molecule is CCC(C)(CC)CC(=O)Nc1nc2ccc(C)nc2n1C(C)(C)C.Cc1cc2nc(NC(=O)CC(C)(C)C)n(-c3cc(F)cc(F)c3)c2nc1Cl.Cc1cc2nc(NC(=O)CC(C)(C)C)n(-c3ccc(F)c(F)c3)c2nc1Cl.Cc1ccc2nc(NC(=O)CC(C)(C)O)n(-c3ccc(OC(F)(F)F)cc3)c2n1. The Bertz CT molecular complexity index is 5100. The molecule has 0 atom stereocenters. The van der Waals surface area contributed by atoms with Crippen LogP contribution in [0.25, 0.3) is 61.7 Å². The Kier molecular flexibility index (Phi) is 25.1. The molecular weight excluding hydrogens is 1440 g/mol. The number of anilines is 4. The van der Waals surface area contributed by atoms with Gasteiger partial charge in [0.05, 0.1) is 29.1 Å². The number of halogens is 9. The smallest absolute Gasteiger partial charge is 0.406 e. The summed E-state index contributed by atoms with van der Waals surface area (Å²) in [5.41, 5.74) is 6.13. The van der Waals surface area contributed by atoms with Gasteiger partial charge in [-0.1, -0.05) is 98.4 Å². The van der Waals surface area contributed by atoms with Crippen LogP contribution in [0.3, 0.4) is 0 Å². The Morgan fingerprint density at radius 3 is 1.27 bits per heavy atom. The molecule has 8 aromatic heterocycles. The Morgan fingerprint density at radius 2 is 0.832 bits per heavy atom. The molecule has 8 heterocycles. The molecule has 0 aliphatic carbocycles. The molecule has 3 aromatic carbocycles. The standard InChI is InChI=1S/2C19H19ClF2N4O.C19H19F3N4O3.C19H30N4O/c1-10-5-14-17(25-16(10)20)26(13-7-11(21)6-12(22)8-13)18(23-14)24-15(27)9-19(2,3)4;1-10-7-14-17(25-16(10)20)26(11-5-6-12(21)13(22)8-11)18(23-14)24-15(27)9-19(2,3)4;1-11-4-9-14-16(23-11)26(17(24-14)25-15(27)10-18(2,3)28)12-5-7-13(8-6-12)29-19(20,21)22;1-8-19(7,9-2)12-15(24)22-17-21-14-11-10-13(3)20-16(14)23(17)18(4,5)6/h2*5-8H,9H2,1-4H3,(H,23,24,27);4-9,28H,10H2,1-3H3,(H,24,25,27);10-11H,8-9,12H2,1-7H3,(H,21,22,24). The van der Waals surface area contributed by atoms with Gasteiger partial charge in [-0.15, -0.1) is 13.2 Å². The molecule has 22 nitrogen and oxygen atoms in total. The molecule has 0 aliphatic heterocycles. The highest BCUT2D eigenvalue weighted by Gasteiger charge is 2.32. The molecule has 11 rings (SSSR count). The van der Waals surface area contributed by atoms with Gasteiger partial charge in [0, 0.05) is 48.3 Å². The van der Waals surface area contributed by atoms with Crippen molar-refractivity contribution in [3.8, 4) is 22.8 Å². The number of pyridine rings is 4. The molecule has 0 fully saturated rings. The monoisotopic (exact) mass is 1520 g/mol. The van der Waals surface area contributed by atoms with Gasteiger partial charge in [-0.3, -0.25) is 58.7 Å². The summed E-state index contributed by atoms with van der Waals surface area (Å²) in [6, 6.07) is 22.4. The van der Waals surface area contributed by atoms with Gasteiger partial charge in [0.2, 0.25) is 47.4 Å². The van der Waals surface area contributed by atoms with E-state index in [1.165, 1.54) is 45.7 Å². The summed E-state index contributed by atoms with van der Waals surface area (Å²) in [4.78, 5) is 85.1. The fourth-order valence-electron chi connectivity index (χ4n) is 11.0. The van der Waals surface area contributed by atoms with Gasteiger partial charge in [0.1, 0.15) is 49.8 Å². The maximum absolute atomic E-state index is 13.8. The summed E-state index contributed by atoms with van der Waals surface area (Å²) in [5, 5.41) is 21.5. The first-order valence-electron chi connectivity index (χ1n) is 34.1.